The Morgan fingerprint density at radius 3 is 1.97 bits per heavy atom. The molecule has 0 aromatic heterocycles. The van der Waals surface area contributed by atoms with Gasteiger partial charge in [0.05, 0.1) is 5.92 Å². The molecule has 29 heavy (non-hydrogen) atoms. The molecule has 0 amide bonds. The van der Waals surface area contributed by atoms with E-state index in [-0.39, 0.29) is 24.7 Å². The molecule has 1 aliphatic rings. The highest BCUT2D eigenvalue weighted by molar-refractivity contribution is 5.75. The van der Waals surface area contributed by atoms with Crippen LogP contribution in [0.4, 0.5) is 0 Å². The van der Waals surface area contributed by atoms with E-state index < -0.39 is 11.9 Å². The monoisotopic (exact) mass is 408 g/mol. The lowest BCUT2D eigenvalue weighted by Crippen LogP contribution is -2.28. The van der Waals surface area contributed by atoms with E-state index in [1.165, 1.54) is 0 Å². The predicted octanol–water partition coefficient (Wildman–Crippen LogP) is 2.18. The van der Waals surface area contributed by atoms with Gasteiger partial charge in [-0.25, -0.2) is 0 Å². The Labute approximate surface area is 171 Å². The summed E-state index contributed by atoms with van der Waals surface area (Å²) in [7, 11) is 0. The molecule has 0 radical (unpaired) electrons. The highest BCUT2D eigenvalue weighted by Crippen LogP contribution is 2.29. The maximum absolute atomic E-state index is 12.1. The van der Waals surface area contributed by atoms with Crippen molar-refractivity contribution in [2.45, 2.75) is 51.4 Å². The summed E-state index contributed by atoms with van der Waals surface area (Å²) in [6, 6.07) is 7.05. The molecule has 1 aromatic carbocycles. The van der Waals surface area contributed by atoms with Crippen LogP contribution in [0.1, 0.15) is 50.5 Å². The van der Waals surface area contributed by atoms with Crippen molar-refractivity contribution in [2.24, 2.45) is 23.3 Å². The zero-order chi connectivity index (χ0) is 21.6. The van der Waals surface area contributed by atoms with Crippen LogP contribution in [0.3, 0.4) is 0 Å². The molecule has 0 atom stereocenters. The maximum atomic E-state index is 12.1. The number of hydrogen-bond donors (Lipinski definition) is 4. The van der Waals surface area contributed by atoms with E-state index in [0.717, 1.165) is 31.2 Å². The number of benzene rings is 1. The number of esters is 1. The molecular formula is C21H32N2O6. The second kappa shape index (κ2) is 13.7. The lowest BCUT2D eigenvalue weighted by atomic mass is 9.82. The number of ether oxygens (including phenoxy) is 1. The van der Waals surface area contributed by atoms with Crippen LogP contribution < -0.4 is 16.2 Å². The Bertz CT molecular complexity index is 639. The molecule has 0 heterocycles. The van der Waals surface area contributed by atoms with Crippen molar-refractivity contribution in [2.75, 3.05) is 13.1 Å². The van der Waals surface area contributed by atoms with Crippen molar-refractivity contribution in [1.29, 1.82) is 0 Å². The average molecular weight is 408 g/mol. The summed E-state index contributed by atoms with van der Waals surface area (Å²) >= 11 is 0. The van der Waals surface area contributed by atoms with E-state index in [4.69, 9.17) is 26.4 Å². The molecule has 2 rings (SSSR count). The fourth-order valence-electron chi connectivity index (χ4n) is 3.06. The summed E-state index contributed by atoms with van der Waals surface area (Å²) in [5.41, 5.74) is 11.6. The summed E-state index contributed by atoms with van der Waals surface area (Å²) in [6.07, 6.45) is 5.02. The van der Waals surface area contributed by atoms with Crippen molar-refractivity contribution in [3.63, 3.8) is 0 Å². The number of hydrogen-bond acceptors (Lipinski definition) is 6. The average Bonchev–Trinajstić information content (AvgIpc) is 2.72. The van der Waals surface area contributed by atoms with Crippen LogP contribution in [-0.4, -0.2) is 41.2 Å². The first-order valence-corrected chi connectivity index (χ1v) is 10.00. The number of aryl methyl sites for hydroxylation is 1. The van der Waals surface area contributed by atoms with Gasteiger partial charge in [-0.2, -0.15) is 0 Å². The summed E-state index contributed by atoms with van der Waals surface area (Å²) in [5.74, 6) is -0.736. The van der Waals surface area contributed by atoms with Crippen molar-refractivity contribution in [3.05, 3.63) is 29.8 Å². The van der Waals surface area contributed by atoms with Crippen LogP contribution in [-0.2, 0) is 20.8 Å². The minimum Gasteiger partial charge on any atom is -0.481 e. The van der Waals surface area contributed by atoms with Crippen LogP contribution >= 0.6 is 0 Å². The number of rotatable bonds is 9. The third-order valence-electron chi connectivity index (χ3n) is 4.88. The largest absolute Gasteiger partial charge is 0.481 e. The predicted molar refractivity (Wildman–Crippen MR) is 108 cm³/mol. The van der Waals surface area contributed by atoms with Gasteiger partial charge < -0.3 is 26.4 Å². The molecule has 0 spiro atoms. The van der Waals surface area contributed by atoms with Gasteiger partial charge in [0, 0.05) is 12.8 Å². The molecule has 1 aliphatic carbocycles. The smallest absolute Gasteiger partial charge is 0.314 e. The number of carboxylic acid groups (broad SMARTS) is 2. The Hall–Kier alpha value is -2.45. The number of carbonyl (C=O) groups is 3. The Balaban J connectivity index is 0.000000516. The molecule has 6 N–H and O–H groups in total. The van der Waals surface area contributed by atoms with E-state index in [2.05, 4.69) is 0 Å². The van der Waals surface area contributed by atoms with E-state index in [1.807, 2.05) is 0 Å². The maximum Gasteiger partial charge on any atom is 0.314 e. The second-order valence-corrected chi connectivity index (χ2v) is 7.20. The Morgan fingerprint density at radius 2 is 1.52 bits per heavy atom. The molecule has 1 fully saturated rings. The zero-order valence-corrected chi connectivity index (χ0v) is 16.7. The van der Waals surface area contributed by atoms with Gasteiger partial charge >= 0.3 is 17.9 Å². The Morgan fingerprint density at radius 1 is 0.931 bits per heavy atom. The first kappa shape index (κ1) is 24.6. The van der Waals surface area contributed by atoms with Gasteiger partial charge in [0.25, 0.3) is 0 Å². The van der Waals surface area contributed by atoms with Crippen LogP contribution in [0.5, 0.6) is 5.75 Å². The van der Waals surface area contributed by atoms with Crippen LogP contribution in [0.2, 0.25) is 0 Å². The molecule has 1 saturated carbocycles. The molecule has 0 aliphatic heterocycles. The highest BCUT2D eigenvalue weighted by Gasteiger charge is 2.27. The summed E-state index contributed by atoms with van der Waals surface area (Å²) in [4.78, 5) is 32.4. The molecule has 8 heteroatoms. The van der Waals surface area contributed by atoms with Crippen LogP contribution in [0.15, 0.2) is 24.3 Å². The summed E-state index contributed by atoms with van der Waals surface area (Å²) in [5, 5.41) is 16.6. The minimum absolute atomic E-state index is 0.0329. The first-order valence-electron chi connectivity index (χ1n) is 10.00. The van der Waals surface area contributed by atoms with Gasteiger partial charge in [-0.05, 0) is 75.2 Å². The topological polar surface area (TPSA) is 153 Å². The second-order valence-electron chi connectivity index (χ2n) is 7.20. The highest BCUT2D eigenvalue weighted by atomic mass is 16.5. The standard InChI is InChI=1S/C17H23NO4.C4H9NO2/c18-11-13-1-6-14(7-2-13)17(21)22-15-8-3-12(4-9-15)5-10-16(19)20;5-3-1-2-4(6)7/h3-4,8-9,13-14H,1-2,5-7,10-11,18H2,(H,19,20);1-3,5H2,(H,6,7)/t13-,14-;. The normalized spacial score (nSPS) is 18.3. The molecule has 8 nitrogen and oxygen atoms in total. The van der Waals surface area contributed by atoms with Crippen molar-refractivity contribution in [1.82, 2.24) is 0 Å². The number of carbonyl (C=O) groups excluding carboxylic acids is 1. The number of aliphatic carboxylic acids is 2. The molecule has 0 unspecified atom stereocenters. The van der Waals surface area contributed by atoms with E-state index in [9.17, 15) is 14.4 Å². The van der Waals surface area contributed by atoms with Gasteiger partial charge in [0.1, 0.15) is 5.75 Å². The first-order chi connectivity index (χ1) is 13.8. The third-order valence-corrected chi connectivity index (χ3v) is 4.88. The van der Waals surface area contributed by atoms with Gasteiger partial charge in [0.15, 0.2) is 0 Å². The number of nitrogens with two attached hydrogens (primary N) is 2. The van der Waals surface area contributed by atoms with Gasteiger partial charge in [-0.3, -0.25) is 14.4 Å². The third kappa shape index (κ3) is 10.6. The molecule has 1 aromatic rings. The lowest BCUT2D eigenvalue weighted by molar-refractivity contribution is -0.140. The lowest BCUT2D eigenvalue weighted by Gasteiger charge is -2.26. The molecule has 0 saturated heterocycles. The van der Waals surface area contributed by atoms with E-state index in [1.54, 1.807) is 24.3 Å². The SMILES string of the molecule is NCCCC(=O)O.NC[C@H]1CC[C@H](C(=O)Oc2ccc(CCC(=O)O)cc2)CC1. The summed E-state index contributed by atoms with van der Waals surface area (Å²) < 4.78 is 5.42. The van der Waals surface area contributed by atoms with Crippen LogP contribution in [0.25, 0.3) is 0 Å². The fraction of sp³-hybridized carbons (Fsp3) is 0.571. The quantitative estimate of drug-likeness (QED) is 0.358. The minimum atomic E-state index is -0.816. The van der Waals surface area contributed by atoms with Crippen LogP contribution in [0, 0.1) is 11.8 Å². The Kier molecular flexibility index (Phi) is 11.6. The van der Waals surface area contributed by atoms with Gasteiger partial charge in [-0.1, -0.05) is 12.1 Å². The van der Waals surface area contributed by atoms with E-state index >= 15 is 0 Å². The molecule has 0 bridgehead atoms. The fourth-order valence-corrected chi connectivity index (χ4v) is 3.06. The van der Waals surface area contributed by atoms with Gasteiger partial charge in [-0.15, -0.1) is 0 Å². The van der Waals surface area contributed by atoms with Crippen molar-refractivity contribution in [3.8, 4) is 5.75 Å². The van der Waals surface area contributed by atoms with E-state index in [0.29, 0.717) is 37.6 Å². The zero-order valence-electron chi connectivity index (χ0n) is 16.7. The van der Waals surface area contributed by atoms with Gasteiger partial charge in [0.2, 0.25) is 0 Å². The molecular weight excluding hydrogens is 376 g/mol. The van der Waals surface area contributed by atoms with Crippen molar-refractivity contribution >= 4 is 17.9 Å². The molecule has 162 valence electrons. The van der Waals surface area contributed by atoms with Crippen molar-refractivity contribution < 1.29 is 29.3 Å². The summed E-state index contributed by atoms with van der Waals surface area (Å²) in [6.45, 7) is 1.16. The number of carboxylic acids is 2.